The highest BCUT2D eigenvalue weighted by molar-refractivity contribution is 7.10. The number of pyridine rings is 1. The van der Waals surface area contributed by atoms with Crippen LogP contribution >= 0.6 is 11.3 Å². The first kappa shape index (κ1) is 11.3. The molecule has 2 nitrogen and oxygen atoms in total. The predicted molar refractivity (Wildman–Crippen MR) is 68.5 cm³/mol. The van der Waals surface area contributed by atoms with Crippen molar-refractivity contribution in [2.75, 3.05) is 0 Å². The average molecular weight is 232 g/mol. The summed E-state index contributed by atoms with van der Waals surface area (Å²) < 4.78 is 0. The lowest BCUT2D eigenvalue weighted by molar-refractivity contribution is 0.500. The molecule has 16 heavy (non-hydrogen) atoms. The lowest BCUT2D eigenvalue weighted by Crippen LogP contribution is -2.21. The highest BCUT2D eigenvalue weighted by Crippen LogP contribution is 2.22. The second-order valence-corrected chi connectivity index (χ2v) is 4.89. The van der Waals surface area contributed by atoms with Gasteiger partial charge < -0.3 is 5.32 Å². The fourth-order valence-corrected chi connectivity index (χ4v) is 2.49. The van der Waals surface area contributed by atoms with Crippen LogP contribution in [-0.2, 0) is 0 Å². The maximum Gasteiger partial charge on any atom is 0.0391 e. The van der Waals surface area contributed by atoms with Gasteiger partial charge in [0.1, 0.15) is 0 Å². The number of nitrogens with one attached hydrogen (secondary N) is 1. The molecule has 0 aliphatic rings. The molecule has 2 heterocycles. The van der Waals surface area contributed by atoms with Crippen LogP contribution in [0.4, 0.5) is 0 Å². The summed E-state index contributed by atoms with van der Waals surface area (Å²) in [5.74, 6) is 0. The van der Waals surface area contributed by atoms with E-state index in [-0.39, 0.29) is 0 Å². The standard InChI is InChI=1S/C13H16N2S/c1-10(12-5-7-14-8-6-12)15-11(2)13-4-3-9-16-13/h3-11,15H,1-2H3/t10?,11-/m0/s1. The van der Waals surface area contributed by atoms with Crippen molar-refractivity contribution in [1.29, 1.82) is 0 Å². The first-order valence-corrected chi connectivity index (χ1v) is 6.34. The highest BCUT2D eigenvalue weighted by atomic mass is 32.1. The minimum Gasteiger partial charge on any atom is -0.303 e. The molecule has 0 amide bonds. The van der Waals surface area contributed by atoms with Crippen LogP contribution < -0.4 is 5.32 Å². The molecule has 2 rings (SSSR count). The molecule has 0 aliphatic heterocycles. The Morgan fingerprint density at radius 1 is 1.12 bits per heavy atom. The first-order chi connectivity index (χ1) is 7.77. The van der Waals surface area contributed by atoms with E-state index in [0.717, 1.165) is 0 Å². The van der Waals surface area contributed by atoms with Crippen LogP contribution in [0.2, 0.25) is 0 Å². The fourth-order valence-electron chi connectivity index (χ4n) is 1.74. The molecule has 2 atom stereocenters. The average Bonchev–Trinajstić information content (AvgIpc) is 2.83. The third-order valence-electron chi connectivity index (χ3n) is 2.68. The zero-order valence-electron chi connectivity index (χ0n) is 9.55. The van der Waals surface area contributed by atoms with Gasteiger partial charge in [-0.3, -0.25) is 4.98 Å². The molecule has 0 bridgehead atoms. The number of thiophene rings is 1. The number of hydrogen-bond acceptors (Lipinski definition) is 3. The Labute approximate surface area is 100 Å². The zero-order chi connectivity index (χ0) is 11.4. The SMILES string of the molecule is CC(N[C@@H](C)c1cccs1)c1ccncc1. The molecule has 0 radical (unpaired) electrons. The van der Waals surface area contributed by atoms with Crippen molar-refractivity contribution >= 4 is 11.3 Å². The molecular weight excluding hydrogens is 216 g/mol. The van der Waals surface area contributed by atoms with E-state index in [1.165, 1.54) is 10.4 Å². The topological polar surface area (TPSA) is 24.9 Å². The molecule has 0 aliphatic carbocycles. The normalized spacial score (nSPS) is 14.6. The molecule has 1 N–H and O–H groups in total. The van der Waals surface area contributed by atoms with Gasteiger partial charge in [-0.15, -0.1) is 11.3 Å². The monoisotopic (exact) mass is 232 g/mol. The summed E-state index contributed by atoms with van der Waals surface area (Å²) in [5.41, 5.74) is 1.28. The lowest BCUT2D eigenvalue weighted by atomic mass is 10.1. The Kier molecular flexibility index (Phi) is 3.70. The molecule has 2 aromatic rings. The van der Waals surface area contributed by atoms with Crippen LogP contribution in [0.3, 0.4) is 0 Å². The Bertz CT molecular complexity index is 411. The minimum absolute atomic E-state index is 0.347. The Morgan fingerprint density at radius 3 is 2.50 bits per heavy atom. The van der Waals surface area contributed by atoms with E-state index < -0.39 is 0 Å². The maximum absolute atomic E-state index is 4.03. The van der Waals surface area contributed by atoms with Gasteiger partial charge in [-0.05, 0) is 43.0 Å². The van der Waals surface area contributed by atoms with Crippen molar-refractivity contribution in [3.8, 4) is 0 Å². The quantitative estimate of drug-likeness (QED) is 0.872. The van der Waals surface area contributed by atoms with Crippen LogP contribution in [0.5, 0.6) is 0 Å². The van der Waals surface area contributed by atoms with E-state index in [1.54, 1.807) is 11.3 Å². The van der Waals surface area contributed by atoms with Crippen LogP contribution in [-0.4, -0.2) is 4.98 Å². The molecule has 1 unspecified atom stereocenters. The molecule has 0 aromatic carbocycles. The third-order valence-corrected chi connectivity index (χ3v) is 3.73. The summed E-state index contributed by atoms with van der Waals surface area (Å²) in [6.45, 7) is 4.38. The number of hydrogen-bond donors (Lipinski definition) is 1. The third kappa shape index (κ3) is 2.68. The smallest absolute Gasteiger partial charge is 0.0391 e. The lowest BCUT2D eigenvalue weighted by Gasteiger charge is -2.19. The molecule has 3 heteroatoms. The Balaban J connectivity index is 2.00. The van der Waals surface area contributed by atoms with Crippen molar-refractivity contribution < 1.29 is 0 Å². The summed E-state index contributed by atoms with van der Waals surface area (Å²) in [7, 11) is 0. The summed E-state index contributed by atoms with van der Waals surface area (Å²) in [6.07, 6.45) is 3.67. The van der Waals surface area contributed by atoms with Gasteiger partial charge in [0.2, 0.25) is 0 Å². The second kappa shape index (κ2) is 5.23. The van der Waals surface area contributed by atoms with Crippen LogP contribution in [0, 0.1) is 0 Å². The van der Waals surface area contributed by atoms with Crippen molar-refractivity contribution in [2.24, 2.45) is 0 Å². The van der Waals surface area contributed by atoms with E-state index in [1.807, 2.05) is 12.4 Å². The van der Waals surface area contributed by atoms with Crippen LogP contribution in [0.15, 0.2) is 42.0 Å². The van der Waals surface area contributed by atoms with Gasteiger partial charge >= 0.3 is 0 Å². The molecule has 0 spiro atoms. The fraction of sp³-hybridized carbons (Fsp3) is 0.308. The number of rotatable bonds is 4. The van der Waals surface area contributed by atoms with Gasteiger partial charge in [0.15, 0.2) is 0 Å². The van der Waals surface area contributed by atoms with Gasteiger partial charge in [-0.25, -0.2) is 0 Å². The van der Waals surface area contributed by atoms with E-state index in [0.29, 0.717) is 12.1 Å². The Hall–Kier alpha value is -1.19. The van der Waals surface area contributed by atoms with Crippen molar-refractivity contribution in [3.05, 3.63) is 52.5 Å². The van der Waals surface area contributed by atoms with Crippen molar-refractivity contribution in [2.45, 2.75) is 25.9 Å². The van der Waals surface area contributed by atoms with E-state index in [9.17, 15) is 0 Å². The summed E-state index contributed by atoms with van der Waals surface area (Å²) in [4.78, 5) is 5.41. The number of nitrogens with zero attached hydrogens (tertiary/aromatic N) is 1. The molecule has 2 aromatic heterocycles. The molecule has 0 fully saturated rings. The summed E-state index contributed by atoms with van der Waals surface area (Å²) in [5, 5.41) is 5.70. The summed E-state index contributed by atoms with van der Waals surface area (Å²) >= 11 is 1.79. The predicted octanol–water partition coefficient (Wildman–Crippen LogP) is 3.55. The van der Waals surface area contributed by atoms with Gasteiger partial charge in [-0.1, -0.05) is 6.07 Å². The van der Waals surface area contributed by atoms with Crippen LogP contribution in [0.25, 0.3) is 0 Å². The maximum atomic E-state index is 4.03. The van der Waals surface area contributed by atoms with E-state index >= 15 is 0 Å². The van der Waals surface area contributed by atoms with Crippen molar-refractivity contribution in [3.63, 3.8) is 0 Å². The molecular formula is C13H16N2S. The van der Waals surface area contributed by atoms with Crippen LogP contribution in [0.1, 0.15) is 36.4 Å². The highest BCUT2D eigenvalue weighted by Gasteiger charge is 2.11. The zero-order valence-corrected chi connectivity index (χ0v) is 10.4. The van der Waals surface area contributed by atoms with E-state index in [4.69, 9.17) is 0 Å². The van der Waals surface area contributed by atoms with E-state index in [2.05, 4.69) is 53.8 Å². The molecule has 84 valence electrons. The van der Waals surface area contributed by atoms with Gasteiger partial charge in [0, 0.05) is 29.4 Å². The molecule has 0 saturated carbocycles. The minimum atomic E-state index is 0.347. The second-order valence-electron chi connectivity index (χ2n) is 3.91. The van der Waals surface area contributed by atoms with Gasteiger partial charge in [0.25, 0.3) is 0 Å². The summed E-state index contributed by atoms with van der Waals surface area (Å²) in [6, 6.07) is 9.11. The van der Waals surface area contributed by atoms with Gasteiger partial charge in [-0.2, -0.15) is 0 Å². The molecule has 0 saturated heterocycles. The van der Waals surface area contributed by atoms with Crippen molar-refractivity contribution in [1.82, 2.24) is 10.3 Å². The Morgan fingerprint density at radius 2 is 1.88 bits per heavy atom. The van der Waals surface area contributed by atoms with Gasteiger partial charge in [0.05, 0.1) is 0 Å². The number of aromatic nitrogens is 1. The largest absolute Gasteiger partial charge is 0.303 e. The first-order valence-electron chi connectivity index (χ1n) is 5.46.